The number of methoxy groups -OCH3 is 1. The molecule has 0 heterocycles. The molecular weight excluding hydrogens is 387 g/mol. The standard InChI is InChI=1S/C16H16Cl2N2O4S/c1-24-15-7-6-12(18)9-14(15)20(25(2,22)23)10-16(21)19-13-5-3-4-11(17)8-13/h3-9H,10H2,1-2H3,(H,19,21). The second-order valence-electron chi connectivity index (χ2n) is 5.14. The summed E-state index contributed by atoms with van der Waals surface area (Å²) in [5, 5.41) is 3.38. The molecule has 0 atom stereocenters. The van der Waals surface area contributed by atoms with E-state index in [1.54, 1.807) is 30.3 Å². The Morgan fingerprint density at radius 3 is 2.44 bits per heavy atom. The van der Waals surface area contributed by atoms with Crippen LogP contribution in [0, 0.1) is 0 Å². The fraction of sp³-hybridized carbons (Fsp3) is 0.188. The third kappa shape index (κ3) is 5.26. The lowest BCUT2D eigenvalue weighted by atomic mass is 10.3. The number of hydrogen-bond donors (Lipinski definition) is 1. The Bertz CT molecular complexity index is 887. The molecule has 0 aliphatic rings. The number of carbonyl (C=O) groups is 1. The van der Waals surface area contributed by atoms with Crippen molar-refractivity contribution in [1.29, 1.82) is 0 Å². The van der Waals surface area contributed by atoms with Crippen molar-refractivity contribution in [3.05, 3.63) is 52.5 Å². The van der Waals surface area contributed by atoms with Gasteiger partial charge < -0.3 is 10.1 Å². The smallest absolute Gasteiger partial charge is 0.245 e. The number of ether oxygens (including phenoxy) is 1. The van der Waals surface area contributed by atoms with Gasteiger partial charge in [-0.15, -0.1) is 0 Å². The Labute approximate surface area is 156 Å². The van der Waals surface area contributed by atoms with Crippen LogP contribution in [0.2, 0.25) is 10.0 Å². The fourth-order valence-corrected chi connectivity index (χ4v) is 3.34. The molecule has 0 fully saturated rings. The van der Waals surface area contributed by atoms with Gasteiger partial charge in [0.15, 0.2) is 0 Å². The van der Waals surface area contributed by atoms with Crippen molar-refractivity contribution < 1.29 is 17.9 Å². The summed E-state index contributed by atoms with van der Waals surface area (Å²) >= 11 is 11.8. The van der Waals surface area contributed by atoms with Crippen molar-refractivity contribution in [3.63, 3.8) is 0 Å². The minimum absolute atomic E-state index is 0.179. The minimum Gasteiger partial charge on any atom is -0.495 e. The molecule has 2 aromatic carbocycles. The summed E-state index contributed by atoms with van der Waals surface area (Å²) in [7, 11) is -2.35. The number of amides is 1. The van der Waals surface area contributed by atoms with Crippen molar-refractivity contribution in [2.24, 2.45) is 0 Å². The Morgan fingerprint density at radius 2 is 1.84 bits per heavy atom. The molecule has 0 unspecified atom stereocenters. The highest BCUT2D eigenvalue weighted by atomic mass is 35.5. The van der Waals surface area contributed by atoms with Crippen molar-refractivity contribution in [2.45, 2.75) is 0 Å². The summed E-state index contributed by atoms with van der Waals surface area (Å²) in [6.07, 6.45) is 1.00. The molecule has 0 aliphatic heterocycles. The number of anilines is 2. The average Bonchev–Trinajstić information content (AvgIpc) is 2.51. The van der Waals surface area contributed by atoms with E-state index in [4.69, 9.17) is 27.9 Å². The molecule has 6 nitrogen and oxygen atoms in total. The van der Waals surface area contributed by atoms with Gasteiger partial charge in [0, 0.05) is 15.7 Å². The van der Waals surface area contributed by atoms with Crippen molar-refractivity contribution in [3.8, 4) is 5.75 Å². The molecule has 2 rings (SSSR count). The van der Waals surface area contributed by atoms with Crippen LogP contribution < -0.4 is 14.4 Å². The molecule has 0 bridgehead atoms. The largest absolute Gasteiger partial charge is 0.495 e. The van der Waals surface area contributed by atoms with Gasteiger partial charge in [-0.1, -0.05) is 29.3 Å². The summed E-state index contributed by atoms with van der Waals surface area (Å²) in [6, 6.07) is 11.1. The van der Waals surface area contributed by atoms with Crippen molar-refractivity contribution in [2.75, 3.05) is 29.5 Å². The van der Waals surface area contributed by atoms with Crippen LogP contribution in [-0.4, -0.2) is 34.2 Å². The maximum absolute atomic E-state index is 12.3. The van der Waals surface area contributed by atoms with E-state index in [0.29, 0.717) is 15.7 Å². The zero-order valence-corrected chi connectivity index (χ0v) is 15.8. The molecule has 134 valence electrons. The van der Waals surface area contributed by atoms with Gasteiger partial charge in [-0.25, -0.2) is 8.42 Å². The van der Waals surface area contributed by atoms with E-state index >= 15 is 0 Å². The highest BCUT2D eigenvalue weighted by Gasteiger charge is 2.24. The minimum atomic E-state index is -3.76. The van der Waals surface area contributed by atoms with Gasteiger partial charge in [0.1, 0.15) is 12.3 Å². The first-order chi connectivity index (χ1) is 11.7. The third-order valence-corrected chi connectivity index (χ3v) is 4.80. The number of benzene rings is 2. The first kappa shape index (κ1) is 19.4. The van der Waals surface area contributed by atoms with E-state index in [2.05, 4.69) is 5.32 Å². The maximum Gasteiger partial charge on any atom is 0.245 e. The van der Waals surface area contributed by atoms with Crippen LogP contribution in [0.5, 0.6) is 5.75 Å². The lowest BCUT2D eigenvalue weighted by molar-refractivity contribution is -0.114. The number of sulfonamides is 1. The van der Waals surface area contributed by atoms with Gasteiger partial charge in [0.25, 0.3) is 0 Å². The predicted octanol–water partition coefficient (Wildman–Crippen LogP) is 3.41. The number of carbonyl (C=O) groups excluding carboxylic acids is 1. The van der Waals surface area contributed by atoms with Gasteiger partial charge in [0.05, 0.1) is 19.1 Å². The Kier molecular flexibility index (Phi) is 6.16. The zero-order chi connectivity index (χ0) is 18.6. The lowest BCUT2D eigenvalue weighted by Crippen LogP contribution is -2.37. The van der Waals surface area contributed by atoms with E-state index < -0.39 is 22.5 Å². The molecule has 25 heavy (non-hydrogen) atoms. The van der Waals surface area contributed by atoms with Crippen LogP contribution in [0.3, 0.4) is 0 Å². The highest BCUT2D eigenvalue weighted by molar-refractivity contribution is 7.92. The third-order valence-electron chi connectivity index (χ3n) is 3.21. The Morgan fingerprint density at radius 1 is 1.16 bits per heavy atom. The molecule has 2 aromatic rings. The molecule has 9 heteroatoms. The molecule has 0 saturated carbocycles. The molecule has 1 amide bonds. The molecule has 0 aliphatic carbocycles. The normalized spacial score (nSPS) is 11.0. The lowest BCUT2D eigenvalue weighted by Gasteiger charge is -2.24. The topological polar surface area (TPSA) is 75.7 Å². The summed E-state index contributed by atoms with van der Waals surface area (Å²) in [5.74, 6) is -0.250. The Hall–Kier alpha value is -1.96. The summed E-state index contributed by atoms with van der Waals surface area (Å²) in [4.78, 5) is 12.3. The molecule has 0 saturated heterocycles. The van der Waals surface area contributed by atoms with Gasteiger partial charge in [-0.3, -0.25) is 9.10 Å². The number of nitrogens with zero attached hydrogens (tertiary/aromatic N) is 1. The van der Waals surface area contributed by atoms with Gasteiger partial charge in [-0.05, 0) is 36.4 Å². The molecule has 0 aromatic heterocycles. The maximum atomic E-state index is 12.3. The van der Waals surface area contributed by atoms with E-state index in [1.807, 2.05) is 0 Å². The number of hydrogen-bond acceptors (Lipinski definition) is 4. The summed E-state index contributed by atoms with van der Waals surface area (Å²) in [6.45, 7) is -0.442. The number of nitrogens with one attached hydrogen (secondary N) is 1. The summed E-state index contributed by atoms with van der Waals surface area (Å²) in [5.41, 5.74) is 0.641. The predicted molar refractivity (Wildman–Crippen MR) is 100 cm³/mol. The van der Waals surface area contributed by atoms with E-state index in [0.717, 1.165) is 10.6 Å². The molecule has 0 radical (unpaired) electrons. The second kappa shape index (κ2) is 7.95. The van der Waals surface area contributed by atoms with Gasteiger partial charge in [-0.2, -0.15) is 0 Å². The number of rotatable bonds is 6. The SMILES string of the molecule is COc1ccc(Cl)cc1N(CC(=O)Nc1cccc(Cl)c1)S(C)(=O)=O. The van der Waals surface area contributed by atoms with Crippen LogP contribution in [-0.2, 0) is 14.8 Å². The van der Waals surface area contributed by atoms with Gasteiger partial charge >= 0.3 is 0 Å². The van der Waals surface area contributed by atoms with Gasteiger partial charge in [0.2, 0.25) is 15.9 Å². The van der Waals surface area contributed by atoms with Crippen molar-refractivity contribution in [1.82, 2.24) is 0 Å². The average molecular weight is 403 g/mol. The molecular formula is C16H16Cl2N2O4S. The van der Waals surface area contributed by atoms with E-state index in [-0.39, 0.29) is 11.4 Å². The number of halogens is 2. The van der Waals surface area contributed by atoms with Crippen molar-refractivity contribution >= 4 is 50.5 Å². The second-order valence-corrected chi connectivity index (χ2v) is 7.92. The van der Waals surface area contributed by atoms with Crippen LogP contribution in [0.15, 0.2) is 42.5 Å². The van der Waals surface area contributed by atoms with Crippen LogP contribution >= 0.6 is 23.2 Å². The zero-order valence-electron chi connectivity index (χ0n) is 13.5. The van der Waals surface area contributed by atoms with Crippen LogP contribution in [0.25, 0.3) is 0 Å². The summed E-state index contributed by atoms with van der Waals surface area (Å²) < 4.78 is 30.5. The Balaban J connectivity index is 2.30. The molecule has 0 spiro atoms. The fourth-order valence-electron chi connectivity index (χ4n) is 2.14. The van der Waals surface area contributed by atoms with Crippen LogP contribution in [0.4, 0.5) is 11.4 Å². The highest BCUT2D eigenvalue weighted by Crippen LogP contribution is 2.32. The van der Waals surface area contributed by atoms with Crippen LogP contribution in [0.1, 0.15) is 0 Å². The van der Waals surface area contributed by atoms with E-state index in [9.17, 15) is 13.2 Å². The first-order valence-corrected chi connectivity index (χ1v) is 9.68. The quantitative estimate of drug-likeness (QED) is 0.802. The first-order valence-electron chi connectivity index (χ1n) is 7.07. The molecule has 1 N–H and O–H groups in total. The monoisotopic (exact) mass is 402 g/mol. The van der Waals surface area contributed by atoms with E-state index in [1.165, 1.54) is 19.2 Å².